The van der Waals surface area contributed by atoms with Crippen LogP contribution in [0.4, 0.5) is 10.1 Å². The van der Waals surface area contributed by atoms with E-state index in [4.69, 9.17) is 10.00 Å². The molecule has 0 fully saturated rings. The van der Waals surface area contributed by atoms with Crippen LogP contribution in [0, 0.1) is 17.1 Å². The van der Waals surface area contributed by atoms with Gasteiger partial charge in [0.05, 0.1) is 24.0 Å². The van der Waals surface area contributed by atoms with Crippen molar-refractivity contribution in [3.05, 3.63) is 59.9 Å². The molecule has 0 radical (unpaired) electrons. The molecule has 1 N–H and O–H groups in total. The van der Waals surface area contributed by atoms with Crippen molar-refractivity contribution in [3.8, 4) is 6.07 Å². The zero-order valence-electron chi connectivity index (χ0n) is 13.9. The zero-order chi connectivity index (χ0) is 18.8. The molecule has 26 heavy (non-hydrogen) atoms. The Morgan fingerprint density at radius 1 is 1.15 bits per heavy atom. The summed E-state index contributed by atoms with van der Waals surface area (Å²) in [5, 5.41) is 11.1. The van der Waals surface area contributed by atoms with Gasteiger partial charge in [-0.25, -0.2) is 9.18 Å². The average molecular weight is 372 g/mol. The Morgan fingerprint density at radius 2 is 1.88 bits per heavy atom. The summed E-state index contributed by atoms with van der Waals surface area (Å²) in [5.74, 6) is -1.03. The molecule has 2 aromatic rings. The molecule has 1 amide bonds. The third-order valence-electron chi connectivity index (χ3n) is 3.26. The number of hydrogen-bond donors (Lipinski definition) is 1. The van der Waals surface area contributed by atoms with Gasteiger partial charge in [-0.15, -0.1) is 11.8 Å². The SMILES string of the molecule is N#CCCCOC(=O)c1ccccc1SCC(=O)Nc1ccc(F)cc1. The highest BCUT2D eigenvalue weighted by atomic mass is 32.2. The number of nitrogens with zero attached hydrogens (tertiary/aromatic N) is 1. The van der Waals surface area contributed by atoms with Crippen molar-refractivity contribution in [2.24, 2.45) is 0 Å². The number of nitrogens with one attached hydrogen (secondary N) is 1. The number of unbranched alkanes of at least 4 members (excludes halogenated alkanes) is 1. The Hall–Kier alpha value is -2.85. The largest absolute Gasteiger partial charge is 0.462 e. The zero-order valence-corrected chi connectivity index (χ0v) is 14.7. The topological polar surface area (TPSA) is 79.2 Å². The van der Waals surface area contributed by atoms with E-state index in [1.165, 1.54) is 36.0 Å². The Labute approximate surface area is 155 Å². The predicted octanol–water partition coefficient (Wildman–Crippen LogP) is 4.02. The maximum Gasteiger partial charge on any atom is 0.339 e. The summed E-state index contributed by atoms with van der Waals surface area (Å²) >= 11 is 1.21. The molecule has 2 rings (SSSR count). The number of benzene rings is 2. The van der Waals surface area contributed by atoms with Gasteiger partial charge in [0.25, 0.3) is 0 Å². The van der Waals surface area contributed by atoms with E-state index in [-0.39, 0.29) is 24.1 Å². The number of anilines is 1. The lowest BCUT2D eigenvalue weighted by Gasteiger charge is -2.09. The molecule has 0 aliphatic heterocycles. The van der Waals surface area contributed by atoms with E-state index in [2.05, 4.69) is 5.32 Å². The molecule has 0 unspecified atom stereocenters. The Bertz CT molecular complexity index is 803. The first kappa shape index (κ1) is 19.5. The number of carbonyl (C=O) groups is 2. The van der Waals surface area contributed by atoms with Crippen molar-refractivity contribution < 1.29 is 18.7 Å². The van der Waals surface area contributed by atoms with Gasteiger partial charge in [0, 0.05) is 17.0 Å². The fourth-order valence-corrected chi connectivity index (χ4v) is 2.87. The van der Waals surface area contributed by atoms with E-state index in [0.29, 0.717) is 29.0 Å². The summed E-state index contributed by atoms with van der Waals surface area (Å²) in [6.45, 7) is 0.177. The maximum absolute atomic E-state index is 12.9. The first-order valence-electron chi connectivity index (χ1n) is 7.91. The third-order valence-corrected chi connectivity index (χ3v) is 4.33. The van der Waals surface area contributed by atoms with Gasteiger partial charge < -0.3 is 10.1 Å². The van der Waals surface area contributed by atoms with Gasteiger partial charge in [-0.2, -0.15) is 5.26 Å². The first-order valence-corrected chi connectivity index (χ1v) is 8.90. The second-order valence-electron chi connectivity index (χ2n) is 5.24. The van der Waals surface area contributed by atoms with Crippen molar-refractivity contribution in [2.75, 3.05) is 17.7 Å². The molecule has 0 atom stereocenters. The van der Waals surface area contributed by atoms with Crippen LogP contribution in [0.2, 0.25) is 0 Å². The predicted molar refractivity (Wildman–Crippen MR) is 97.3 cm³/mol. The van der Waals surface area contributed by atoms with Crippen LogP contribution in [0.1, 0.15) is 23.2 Å². The second kappa shape index (κ2) is 10.2. The van der Waals surface area contributed by atoms with Gasteiger partial charge in [-0.05, 0) is 42.8 Å². The standard InChI is InChI=1S/C19H17FN2O3S/c20-14-7-9-15(10-8-14)22-18(23)13-26-17-6-2-1-5-16(17)19(24)25-12-4-3-11-21/h1-2,5-10H,3-4,12-13H2,(H,22,23). The molecule has 0 spiro atoms. The van der Waals surface area contributed by atoms with Gasteiger partial charge in [-0.1, -0.05) is 12.1 Å². The summed E-state index contributed by atoms with van der Waals surface area (Å²) in [6, 6.07) is 14.3. The quantitative estimate of drug-likeness (QED) is 0.430. The van der Waals surface area contributed by atoms with Crippen LogP contribution in [-0.2, 0) is 9.53 Å². The van der Waals surface area contributed by atoms with E-state index in [1.807, 2.05) is 6.07 Å². The number of ether oxygens (including phenoxy) is 1. The molecular weight excluding hydrogens is 355 g/mol. The maximum atomic E-state index is 12.9. The summed E-state index contributed by atoms with van der Waals surface area (Å²) in [6.07, 6.45) is 0.810. The van der Waals surface area contributed by atoms with Crippen LogP contribution in [0.15, 0.2) is 53.4 Å². The summed E-state index contributed by atoms with van der Waals surface area (Å²) in [5.41, 5.74) is 0.881. The number of esters is 1. The van der Waals surface area contributed by atoms with Crippen LogP contribution in [0.25, 0.3) is 0 Å². The Balaban J connectivity index is 1.90. The molecule has 0 aliphatic carbocycles. The summed E-state index contributed by atoms with van der Waals surface area (Å²) in [7, 11) is 0. The highest BCUT2D eigenvalue weighted by Crippen LogP contribution is 2.23. The van der Waals surface area contributed by atoms with E-state index in [0.717, 1.165) is 0 Å². The average Bonchev–Trinajstić information content (AvgIpc) is 2.65. The summed E-state index contributed by atoms with van der Waals surface area (Å²) in [4.78, 5) is 24.8. The molecule has 0 bridgehead atoms. The van der Waals surface area contributed by atoms with Crippen molar-refractivity contribution in [3.63, 3.8) is 0 Å². The minimum absolute atomic E-state index is 0.0934. The van der Waals surface area contributed by atoms with Crippen molar-refractivity contribution in [2.45, 2.75) is 17.7 Å². The minimum Gasteiger partial charge on any atom is -0.462 e. The highest BCUT2D eigenvalue weighted by Gasteiger charge is 2.14. The monoisotopic (exact) mass is 372 g/mol. The molecule has 0 heterocycles. The number of thioether (sulfide) groups is 1. The number of hydrogen-bond acceptors (Lipinski definition) is 5. The highest BCUT2D eigenvalue weighted by molar-refractivity contribution is 8.00. The van der Waals surface area contributed by atoms with Crippen LogP contribution in [0.5, 0.6) is 0 Å². The van der Waals surface area contributed by atoms with Gasteiger partial charge in [0.15, 0.2) is 0 Å². The van der Waals surface area contributed by atoms with Crippen molar-refractivity contribution in [1.29, 1.82) is 5.26 Å². The van der Waals surface area contributed by atoms with Gasteiger partial charge in [0.2, 0.25) is 5.91 Å². The Kier molecular flexibility index (Phi) is 7.65. The van der Waals surface area contributed by atoms with E-state index < -0.39 is 5.97 Å². The number of amides is 1. The van der Waals surface area contributed by atoms with Crippen LogP contribution in [0.3, 0.4) is 0 Å². The Morgan fingerprint density at radius 3 is 2.62 bits per heavy atom. The number of halogens is 1. The van der Waals surface area contributed by atoms with Crippen molar-refractivity contribution in [1.82, 2.24) is 0 Å². The fraction of sp³-hybridized carbons (Fsp3) is 0.211. The van der Waals surface area contributed by atoms with E-state index in [9.17, 15) is 14.0 Å². The minimum atomic E-state index is -0.481. The molecule has 0 saturated heterocycles. The molecule has 0 saturated carbocycles. The van der Waals surface area contributed by atoms with Crippen LogP contribution < -0.4 is 5.32 Å². The second-order valence-corrected chi connectivity index (χ2v) is 6.25. The van der Waals surface area contributed by atoms with Gasteiger partial charge in [0.1, 0.15) is 5.82 Å². The molecule has 5 nitrogen and oxygen atoms in total. The lowest BCUT2D eigenvalue weighted by atomic mass is 10.2. The summed E-state index contributed by atoms with van der Waals surface area (Å²) < 4.78 is 18.0. The van der Waals surface area contributed by atoms with E-state index >= 15 is 0 Å². The number of rotatable bonds is 8. The van der Waals surface area contributed by atoms with Gasteiger partial charge in [-0.3, -0.25) is 4.79 Å². The normalized spacial score (nSPS) is 10.0. The lowest BCUT2D eigenvalue weighted by Crippen LogP contribution is -2.14. The molecule has 2 aromatic carbocycles. The van der Waals surface area contributed by atoms with Crippen LogP contribution in [-0.4, -0.2) is 24.2 Å². The third kappa shape index (κ3) is 6.22. The molecule has 134 valence electrons. The van der Waals surface area contributed by atoms with Gasteiger partial charge >= 0.3 is 5.97 Å². The van der Waals surface area contributed by atoms with Crippen molar-refractivity contribution >= 4 is 29.3 Å². The molecular formula is C19H17FN2O3S. The molecule has 0 aliphatic rings. The van der Waals surface area contributed by atoms with E-state index in [1.54, 1.807) is 24.3 Å². The molecule has 0 aromatic heterocycles. The fourth-order valence-electron chi connectivity index (χ4n) is 2.03. The lowest BCUT2D eigenvalue weighted by molar-refractivity contribution is -0.113. The first-order chi connectivity index (χ1) is 12.6. The van der Waals surface area contributed by atoms with Crippen LogP contribution >= 0.6 is 11.8 Å². The number of carbonyl (C=O) groups excluding carboxylic acids is 2. The smallest absolute Gasteiger partial charge is 0.339 e. The number of nitriles is 1. The molecule has 7 heteroatoms.